The van der Waals surface area contributed by atoms with Crippen LogP contribution in [0.15, 0.2) is 72.1 Å². The van der Waals surface area contributed by atoms with Crippen LogP contribution in [0.2, 0.25) is 0 Å². The number of hydrogen-bond donors (Lipinski definition) is 0. The molecule has 1 aromatic heterocycles. The largest absolute Gasteiger partial charge is 0.497 e. The summed E-state index contributed by atoms with van der Waals surface area (Å²) < 4.78 is 7.32. The SMILES string of the molecule is COc1cccc(-n2ccnc2SCCCC(=O)c2ccccc2)c1. The molecule has 1 heterocycles. The van der Waals surface area contributed by atoms with E-state index in [1.165, 1.54) is 0 Å². The van der Waals surface area contributed by atoms with Gasteiger partial charge in [0.25, 0.3) is 0 Å². The lowest BCUT2D eigenvalue weighted by atomic mass is 10.1. The molecule has 0 unspecified atom stereocenters. The predicted molar refractivity (Wildman–Crippen MR) is 101 cm³/mol. The molecule has 0 aliphatic carbocycles. The minimum absolute atomic E-state index is 0.192. The molecule has 0 N–H and O–H groups in total. The standard InChI is InChI=1S/C20H20N2O2S/c1-24-18-10-5-9-17(15-18)22-13-12-21-20(22)25-14-6-11-19(23)16-7-3-2-4-8-16/h2-5,7-10,12-13,15H,6,11,14H2,1H3. The highest BCUT2D eigenvalue weighted by Gasteiger charge is 2.08. The van der Waals surface area contributed by atoms with Crippen molar-refractivity contribution in [1.29, 1.82) is 0 Å². The maximum absolute atomic E-state index is 12.1. The first-order valence-electron chi connectivity index (χ1n) is 8.17. The molecule has 5 heteroatoms. The van der Waals surface area contributed by atoms with Gasteiger partial charge in [-0.3, -0.25) is 9.36 Å². The predicted octanol–water partition coefficient (Wildman–Crippen LogP) is 4.64. The second-order valence-corrected chi connectivity index (χ2v) is 6.58. The lowest BCUT2D eigenvalue weighted by Crippen LogP contribution is -2.00. The molecule has 0 radical (unpaired) electrons. The summed E-state index contributed by atoms with van der Waals surface area (Å²) in [5, 5.41) is 0.917. The van der Waals surface area contributed by atoms with Crippen LogP contribution < -0.4 is 4.74 Å². The van der Waals surface area contributed by atoms with Crippen LogP contribution in [0, 0.1) is 0 Å². The van der Waals surface area contributed by atoms with Crippen molar-refractivity contribution in [3.8, 4) is 11.4 Å². The second-order valence-electron chi connectivity index (χ2n) is 5.52. The first kappa shape index (κ1) is 17.3. The molecule has 0 aliphatic rings. The summed E-state index contributed by atoms with van der Waals surface area (Å²) in [5.41, 5.74) is 1.80. The van der Waals surface area contributed by atoms with Crippen molar-refractivity contribution >= 4 is 17.5 Å². The zero-order valence-corrected chi connectivity index (χ0v) is 14.9. The molecule has 2 aromatic carbocycles. The number of carbonyl (C=O) groups excluding carboxylic acids is 1. The fourth-order valence-corrected chi connectivity index (χ4v) is 3.43. The molecule has 3 rings (SSSR count). The van der Waals surface area contributed by atoms with Gasteiger partial charge in [0.05, 0.1) is 12.8 Å². The summed E-state index contributed by atoms with van der Waals surface area (Å²) in [6, 6.07) is 17.3. The quantitative estimate of drug-likeness (QED) is 0.337. The number of ketones is 1. The molecule has 0 aliphatic heterocycles. The fourth-order valence-electron chi connectivity index (χ4n) is 2.52. The van der Waals surface area contributed by atoms with Gasteiger partial charge in [0, 0.05) is 36.2 Å². The molecule has 0 saturated carbocycles. The lowest BCUT2D eigenvalue weighted by molar-refractivity contribution is 0.0982. The molecule has 25 heavy (non-hydrogen) atoms. The average molecular weight is 352 g/mol. The summed E-state index contributed by atoms with van der Waals surface area (Å²) in [7, 11) is 1.66. The Morgan fingerprint density at radius 3 is 2.80 bits per heavy atom. The van der Waals surface area contributed by atoms with Crippen molar-refractivity contribution in [3.05, 3.63) is 72.6 Å². The van der Waals surface area contributed by atoms with Gasteiger partial charge in [-0.2, -0.15) is 0 Å². The van der Waals surface area contributed by atoms with Crippen LogP contribution in [0.5, 0.6) is 5.75 Å². The van der Waals surface area contributed by atoms with E-state index in [0.29, 0.717) is 6.42 Å². The van der Waals surface area contributed by atoms with Crippen LogP contribution in [-0.2, 0) is 0 Å². The number of methoxy groups -OCH3 is 1. The van der Waals surface area contributed by atoms with Crippen LogP contribution in [0.1, 0.15) is 23.2 Å². The lowest BCUT2D eigenvalue weighted by Gasteiger charge is -2.09. The molecule has 0 fully saturated rings. The molecule has 0 atom stereocenters. The summed E-state index contributed by atoms with van der Waals surface area (Å²) in [5.74, 6) is 1.85. The van der Waals surface area contributed by atoms with Gasteiger partial charge in [0.2, 0.25) is 0 Å². The van der Waals surface area contributed by atoms with Crippen LogP contribution in [0.4, 0.5) is 0 Å². The highest BCUT2D eigenvalue weighted by molar-refractivity contribution is 7.99. The van der Waals surface area contributed by atoms with Crippen molar-refractivity contribution in [2.45, 2.75) is 18.0 Å². The van der Waals surface area contributed by atoms with E-state index in [1.807, 2.05) is 65.4 Å². The number of aromatic nitrogens is 2. The van der Waals surface area contributed by atoms with E-state index in [2.05, 4.69) is 4.98 Å². The van der Waals surface area contributed by atoms with Crippen molar-refractivity contribution in [3.63, 3.8) is 0 Å². The van der Waals surface area contributed by atoms with Gasteiger partial charge in [-0.25, -0.2) is 4.98 Å². The topological polar surface area (TPSA) is 44.1 Å². The maximum Gasteiger partial charge on any atom is 0.172 e. The Balaban J connectivity index is 1.56. The van der Waals surface area contributed by atoms with Crippen LogP contribution in [0.3, 0.4) is 0 Å². The number of thioether (sulfide) groups is 1. The van der Waals surface area contributed by atoms with Gasteiger partial charge in [-0.05, 0) is 18.6 Å². The third kappa shape index (κ3) is 4.51. The number of ether oxygens (including phenoxy) is 1. The third-order valence-corrected chi connectivity index (χ3v) is 4.87. The zero-order valence-electron chi connectivity index (χ0n) is 14.1. The van der Waals surface area contributed by atoms with E-state index in [4.69, 9.17) is 4.74 Å². The number of nitrogens with zero attached hydrogens (tertiary/aromatic N) is 2. The summed E-state index contributed by atoms with van der Waals surface area (Å²) in [6.45, 7) is 0. The van der Waals surface area contributed by atoms with E-state index in [0.717, 1.165) is 34.3 Å². The van der Waals surface area contributed by atoms with Crippen molar-refractivity contribution < 1.29 is 9.53 Å². The monoisotopic (exact) mass is 352 g/mol. The Morgan fingerprint density at radius 2 is 2.00 bits per heavy atom. The highest BCUT2D eigenvalue weighted by Crippen LogP contribution is 2.24. The van der Waals surface area contributed by atoms with Gasteiger partial charge in [-0.1, -0.05) is 48.2 Å². The van der Waals surface area contributed by atoms with E-state index in [9.17, 15) is 4.79 Å². The van der Waals surface area contributed by atoms with Crippen LogP contribution >= 0.6 is 11.8 Å². The van der Waals surface area contributed by atoms with Gasteiger partial charge in [0.1, 0.15) is 5.75 Å². The first-order valence-corrected chi connectivity index (χ1v) is 9.15. The normalized spacial score (nSPS) is 10.6. The van der Waals surface area contributed by atoms with Crippen LogP contribution in [0.25, 0.3) is 5.69 Å². The molecule has 0 amide bonds. The number of hydrogen-bond acceptors (Lipinski definition) is 4. The number of rotatable bonds is 8. The van der Waals surface area contributed by atoms with Gasteiger partial charge >= 0.3 is 0 Å². The Morgan fingerprint density at radius 1 is 1.16 bits per heavy atom. The van der Waals surface area contributed by atoms with Gasteiger partial charge in [-0.15, -0.1) is 0 Å². The number of imidazole rings is 1. The Hall–Kier alpha value is -2.53. The summed E-state index contributed by atoms with van der Waals surface area (Å²) in [4.78, 5) is 16.5. The maximum atomic E-state index is 12.1. The van der Waals surface area contributed by atoms with Gasteiger partial charge < -0.3 is 4.74 Å². The molecule has 0 bridgehead atoms. The first-order chi connectivity index (χ1) is 12.3. The summed E-state index contributed by atoms with van der Waals surface area (Å²) >= 11 is 1.66. The highest BCUT2D eigenvalue weighted by atomic mass is 32.2. The van der Waals surface area contributed by atoms with Crippen LogP contribution in [-0.4, -0.2) is 28.2 Å². The van der Waals surface area contributed by atoms with E-state index >= 15 is 0 Å². The second kappa shape index (κ2) is 8.53. The molecular formula is C20H20N2O2S. The molecule has 3 aromatic rings. The number of Topliss-reactive ketones (excluding diaryl/α,β-unsaturated/α-hetero) is 1. The molecular weight excluding hydrogens is 332 g/mol. The van der Waals surface area contributed by atoms with Crippen molar-refractivity contribution in [2.75, 3.05) is 12.9 Å². The van der Waals surface area contributed by atoms with E-state index < -0.39 is 0 Å². The smallest absolute Gasteiger partial charge is 0.172 e. The third-order valence-electron chi connectivity index (χ3n) is 3.81. The summed E-state index contributed by atoms with van der Waals surface area (Å²) in [6.07, 6.45) is 5.10. The van der Waals surface area contributed by atoms with Crippen molar-refractivity contribution in [2.24, 2.45) is 0 Å². The minimum atomic E-state index is 0.192. The Kier molecular flexibility index (Phi) is 5.90. The van der Waals surface area contributed by atoms with E-state index in [-0.39, 0.29) is 5.78 Å². The fraction of sp³-hybridized carbons (Fsp3) is 0.200. The van der Waals surface area contributed by atoms with E-state index in [1.54, 1.807) is 25.1 Å². The Bertz CT molecular complexity index is 830. The molecule has 0 spiro atoms. The van der Waals surface area contributed by atoms with Gasteiger partial charge in [0.15, 0.2) is 10.9 Å². The Labute approximate surface area is 151 Å². The molecule has 0 saturated heterocycles. The number of carbonyl (C=O) groups is 1. The molecule has 4 nitrogen and oxygen atoms in total. The zero-order chi connectivity index (χ0) is 17.5. The van der Waals surface area contributed by atoms with Crippen molar-refractivity contribution in [1.82, 2.24) is 9.55 Å². The number of benzene rings is 2. The minimum Gasteiger partial charge on any atom is -0.497 e. The average Bonchev–Trinajstić information content (AvgIpc) is 3.14. The molecule has 128 valence electrons.